The molecule has 0 bridgehead atoms. The molecule has 1 aliphatic heterocycles. The number of amides is 2. The van der Waals surface area contributed by atoms with E-state index in [1.54, 1.807) is 4.90 Å². The molecule has 0 aromatic carbocycles. The first-order chi connectivity index (χ1) is 9.95. The standard InChI is InChI=1S/C15H20BrN3O2/c1-11(20)19-10-4-9-15(19,14(17)21)8-3-6-12-5-2-7-13(16)18-12/h2,5,7H,3-4,6,8-10H2,1H3,(H2,17,21)/t15-/m0/s1. The predicted octanol–water partition coefficient (Wildman–Crippen LogP) is 2.03. The van der Waals surface area contributed by atoms with Crippen LogP contribution in [0.2, 0.25) is 0 Å². The molecule has 21 heavy (non-hydrogen) atoms. The highest BCUT2D eigenvalue weighted by atomic mass is 79.9. The molecule has 0 aliphatic carbocycles. The normalized spacial score (nSPS) is 21.5. The quantitative estimate of drug-likeness (QED) is 0.822. The number of aromatic nitrogens is 1. The van der Waals surface area contributed by atoms with Crippen LogP contribution in [0.5, 0.6) is 0 Å². The van der Waals surface area contributed by atoms with Gasteiger partial charge in [0.1, 0.15) is 10.1 Å². The fourth-order valence-corrected chi connectivity index (χ4v) is 3.51. The lowest BCUT2D eigenvalue weighted by Crippen LogP contribution is -2.55. The van der Waals surface area contributed by atoms with Crippen molar-refractivity contribution in [1.29, 1.82) is 0 Å². The maximum atomic E-state index is 11.9. The summed E-state index contributed by atoms with van der Waals surface area (Å²) in [5, 5.41) is 0. The third kappa shape index (κ3) is 3.43. The van der Waals surface area contributed by atoms with Crippen molar-refractivity contribution in [3.05, 3.63) is 28.5 Å². The van der Waals surface area contributed by atoms with Gasteiger partial charge >= 0.3 is 0 Å². The van der Waals surface area contributed by atoms with Crippen molar-refractivity contribution in [1.82, 2.24) is 9.88 Å². The van der Waals surface area contributed by atoms with Crippen molar-refractivity contribution in [3.63, 3.8) is 0 Å². The predicted molar refractivity (Wildman–Crippen MR) is 83.4 cm³/mol. The molecule has 1 aliphatic rings. The molecule has 2 heterocycles. The minimum absolute atomic E-state index is 0.0770. The van der Waals surface area contributed by atoms with E-state index in [0.717, 1.165) is 29.6 Å². The zero-order valence-electron chi connectivity index (χ0n) is 12.1. The Balaban J connectivity index is 2.04. The SMILES string of the molecule is CC(=O)N1CCC[C@@]1(CCCc1cccc(Br)n1)C(N)=O. The molecule has 1 atom stereocenters. The summed E-state index contributed by atoms with van der Waals surface area (Å²) in [6.45, 7) is 2.12. The zero-order valence-corrected chi connectivity index (χ0v) is 13.7. The summed E-state index contributed by atoms with van der Waals surface area (Å²) in [6.07, 6.45) is 3.62. The Morgan fingerprint density at radius 2 is 2.24 bits per heavy atom. The van der Waals surface area contributed by atoms with Crippen LogP contribution < -0.4 is 5.73 Å². The Hall–Kier alpha value is -1.43. The molecule has 2 rings (SSSR count). The number of carbonyl (C=O) groups excluding carboxylic acids is 2. The van der Waals surface area contributed by atoms with Gasteiger partial charge < -0.3 is 10.6 Å². The third-order valence-corrected chi connectivity index (χ3v) is 4.57. The molecular formula is C15H20BrN3O2. The van der Waals surface area contributed by atoms with Gasteiger partial charge in [0, 0.05) is 19.2 Å². The molecule has 1 fully saturated rings. The van der Waals surface area contributed by atoms with Crippen LogP contribution in [0, 0.1) is 0 Å². The number of likely N-dealkylation sites (tertiary alicyclic amines) is 1. The van der Waals surface area contributed by atoms with Crippen LogP contribution >= 0.6 is 15.9 Å². The monoisotopic (exact) mass is 353 g/mol. The van der Waals surface area contributed by atoms with Crippen LogP contribution in [0.1, 0.15) is 38.3 Å². The van der Waals surface area contributed by atoms with Crippen molar-refractivity contribution >= 4 is 27.7 Å². The molecule has 1 aromatic heterocycles. The second kappa shape index (κ2) is 6.56. The fourth-order valence-electron chi connectivity index (χ4n) is 3.13. The molecular weight excluding hydrogens is 334 g/mol. The minimum Gasteiger partial charge on any atom is -0.368 e. The van der Waals surface area contributed by atoms with E-state index in [4.69, 9.17) is 5.73 Å². The van der Waals surface area contributed by atoms with Gasteiger partial charge in [-0.05, 0) is 60.2 Å². The van der Waals surface area contributed by atoms with Crippen molar-refractivity contribution in [2.45, 2.75) is 44.6 Å². The van der Waals surface area contributed by atoms with Gasteiger partial charge in [-0.2, -0.15) is 0 Å². The lowest BCUT2D eigenvalue weighted by Gasteiger charge is -2.35. The second-order valence-corrected chi connectivity index (χ2v) is 6.29. The highest BCUT2D eigenvalue weighted by Gasteiger charge is 2.46. The van der Waals surface area contributed by atoms with Crippen LogP contribution in [0.15, 0.2) is 22.8 Å². The number of hydrogen-bond donors (Lipinski definition) is 1. The van der Waals surface area contributed by atoms with Gasteiger partial charge in [0.15, 0.2) is 0 Å². The van der Waals surface area contributed by atoms with E-state index in [0.29, 0.717) is 19.4 Å². The summed E-state index contributed by atoms with van der Waals surface area (Å²) in [4.78, 5) is 29.7. The number of rotatable bonds is 5. The van der Waals surface area contributed by atoms with E-state index in [1.807, 2.05) is 18.2 Å². The number of primary amides is 1. The topological polar surface area (TPSA) is 76.3 Å². The molecule has 0 unspecified atom stereocenters. The molecule has 1 aromatic rings. The summed E-state index contributed by atoms with van der Waals surface area (Å²) in [7, 11) is 0. The molecule has 0 saturated carbocycles. The maximum absolute atomic E-state index is 11.9. The van der Waals surface area contributed by atoms with Gasteiger partial charge in [0.05, 0.1) is 0 Å². The molecule has 0 radical (unpaired) electrons. The highest BCUT2D eigenvalue weighted by Crippen LogP contribution is 2.34. The fraction of sp³-hybridized carbons (Fsp3) is 0.533. The first-order valence-corrected chi connectivity index (χ1v) is 7.94. The van der Waals surface area contributed by atoms with Crippen LogP contribution in [0.3, 0.4) is 0 Å². The van der Waals surface area contributed by atoms with Gasteiger partial charge in [0.2, 0.25) is 11.8 Å². The number of nitrogens with zero attached hydrogens (tertiary/aromatic N) is 2. The van der Waals surface area contributed by atoms with Gasteiger partial charge in [0.25, 0.3) is 0 Å². The van der Waals surface area contributed by atoms with Crippen molar-refractivity contribution in [2.24, 2.45) is 5.73 Å². The van der Waals surface area contributed by atoms with Crippen molar-refractivity contribution < 1.29 is 9.59 Å². The minimum atomic E-state index is -0.808. The summed E-state index contributed by atoms with van der Waals surface area (Å²) in [5.74, 6) is -0.468. The second-order valence-electron chi connectivity index (χ2n) is 5.48. The van der Waals surface area contributed by atoms with Crippen LogP contribution in [0.4, 0.5) is 0 Å². The lowest BCUT2D eigenvalue weighted by molar-refractivity contribution is -0.142. The maximum Gasteiger partial charge on any atom is 0.243 e. The van der Waals surface area contributed by atoms with Crippen LogP contribution in [-0.2, 0) is 16.0 Å². The molecule has 2 amide bonds. The van der Waals surface area contributed by atoms with Crippen molar-refractivity contribution in [2.75, 3.05) is 6.54 Å². The highest BCUT2D eigenvalue weighted by molar-refractivity contribution is 9.10. The van der Waals surface area contributed by atoms with E-state index in [2.05, 4.69) is 20.9 Å². The van der Waals surface area contributed by atoms with E-state index in [1.165, 1.54) is 6.92 Å². The number of pyridine rings is 1. The van der Waals surface area contributed by atoms with Gasteiger partial charge in [-0.25, -0.2) is 4.98 Å². The van der Waals surface area contributed by atoms with E-state index in [-0.39, 0.29) is 5.91 Å². The Bertz CT molecular complexity index is 549. The number of nitrogens with two attached hydrogens (primary N) is 1. The number of halogens is 1. The zero-order chi connectivity index (χ0) is 15.5. The Labute approximate surface area is 133 Å². The number of hydrogen-bond acceptors (Lipinski definition) is 3. The number of aryl methyl sites for hydroxylation is 1. The van der Waals surface area contributed by atoms with Crippen molar-refractivity contribution in [3.8, 4) is 0 Å². The van der Waals surface area contributed by atoms with Gasteiger partial charge in [-0.15, -0.1) is 0 Å². The first-order valence-electron chi connectivity index (χ1n) is 7.15. The Morgan fingerprint density at radius 3 is 2.86 bits per heavy atom. The van der Waals surface area contributed by atoms with Gasteiger partial charge in [-0.3, -0.25) is 9.59 Å². The Kier molecular flexibility index (Phi) is 4.98. The largest absolute Gasteiger partial charge is 0.368 e. The molecule has 0 spiro atoms. The summed E-state index contributed by atoms with van der Waals surface area (Å²) in [5.41, 5.74) is 5.77. The average molecular weight is 354 g/mol. The smallest absolute Gasteiger partial charge is 0.243 e. The molecule has 1 saturated heterocycles. The van der Waals surface area contributed by atoms with Crippen LogP contribution in [-0.4, -0.2) is 33.8 Å². The van der Waals surface area contributed by atoms with Gasteiger partial charge in [-0.1, -0.05) is 6.07 Å². The Morgan fingerprint density at radius 1 is 1.48 bits per heavy atom. The van der Waals surface area contributed by atoms with E-state index >= 15 is 0 Å². The molecule has 2 N–H and O–H groups in total. The van der Waals surface area contributed by atoms with E-state index in [9.17, 15) is 9.59 Å². The lowest BCUT2D eigenvalue weighted by atomic mass is 9.88. The third-order valence-electron chi connectivity index (χ3n) is 4.12. The first kappa shape index (κ1) is 15.9. The van der Waals surface area contributed by atoms with E-state index < -0.39 is 11.4 Å². The summed E-state index contributed by atoms with van der Waals surface area (Å²) in [6, 6.07) is 5.77. The van der Waals surface area contributed by atoms with Crippen LogP contribution in [0.25, 0.3) is 0 Å². The molecule has 6 heteroatoms. The summed E-state index contributed by atoms with van der Waals surface area (Å²) >= 11 is 3.34. The average Bonchev–Trinajstić information content (AvgIpc) is 2.84. The number of carbonyl (C=O) groups is 2. The summed E-state index contributed by atoms with van der Waals surface area (Å²) < 4.78 is 0.802. The molecule has 5 nitrogen and oxygen atoms in total. The molecule has 114 valence electrons.